The van der Waals surface area contributed by atoms with Gasteiger partial charge in [0.1, 0.15) is 0 Å². The summed E-state index contributed by atoms with van der Waals surface area (Å²) < 4.78 is 21.3. The van der Waals surface area contributed by atoms with Crippen LogP contribution in [0.2, 0.25) is 0 Å². The van der Waals surface area contributed by atoms with E-state index in [4.69, 9.17) is 9.47 Å². The number of nitrogens with one attached hydrogen (secondary N) is 2. The highest BCUT2D eigenvalue weighted by atomic mass is 31.2. The molecule has 0 spiro atoms. The van der Waals surface area contributed by atoms with E-state index in [0.717, 1.165) is 0 Å². The minimum absolute atomic E-state index is 0.559. The van der Waals surface area contributed by atoms with Gasteiger partial charge in [-0.25, -0.2) is 0 Å². The van der Waals surface area contributed by atoms with Crippen LogP contribution >= 0.6 is 7.44 Å². The quantitative estimate of drug-likeness (QED) is 0.445. The number of rotatable bonds is 8. The summed E-state index contributed by atoms with van der Waals surface area (Å²) in [5.74, 6) is 0. The van der Waals surface area contributed by atoms with Crippen LogP contribution in [0.25, 0.3) is 0 Å². The SMILES string of the molecule is COCCNP(C)(=O)NCCOC. The fraction of sp³-hybridized carbons (Fsp3) is 1.00. The molecular weight excluding hydrogens is 191 g/mol. The summed E-state index contributed by atoms with van der Waals surface area (Å²) in [5.41, 5.74) is 0. The standard InChI is InChI=1S/C7H19N2O3P/c1-11-6-4-8-13(3,10)9-5-7-12-2/h4-7H2,1-3H3,(H2,8,9,10). The van der Waals surface area contributed by atoms with E-state index in [1.54, 1.807) is 20.9 Å². The second-order valence-electron chi connectivity index (χ2n) is 2.73. The summed E-state index contributed by atoms with van der Waals surface area (Å²) in [7, 11) is 0.812. The lowest BCUT2D eigenvalue weighted by molar-refractivity contribution is 0.202. The molecular formula is C7H19N2O3P. The maximum absolute atomic E-state index is 11.6. The molecule has 0 heterocycles. The fourth-order valence-electron chi connectivity index (χ4n) is 0.778. The molecule has 0 bridgehead atoms. The maximum atomic E-state index is 11.6. The highest BCUT2D eigenvalue weighted by molar-refractivity contribution is 7.59. The van der Waals surface area contributed by atoms with Crippen molar-refractivity contribution < 1.29 is 14.0 Å². The number of ether oxygens (including phenoxy) is 2. The first-order chi connectivity index (χ1) is 6.12. The Morgan fingerprint density at radius 2 is 1.46 bits per heavy atom. The summed E-state index contributed by atoms with van der Waals surface area (Å²) in [5, 5.41) is 5.77. The molecule has 0 fully saturated rings. The first-order valence-corrected chi connectivity index (χ1v) is 6.33. The normalized spacial score (nSPS) is 11.9. The molecule has 0 radical (unpaired) electrons. The molecule has 0 unspecified atom stereocenters. The van der Waals surface area contributed by atoms with Gasteiger partial charge in [0, 0.05) is 34.0 Å². The zero-order valence-corrected chi connectivity index (χ0v) is 9.39. The Hall–Kier alpha value is 0.0700. The molecule has 5 nitrogen and oxygen atoms in total. The van der Waals surface area contributed by atoms with Gasteiger partial charge in [-0.3, -0.25) is 14.7 Å². The van der Waals surface area contributed by atoms with E-state index >= 15 is 0 Å². The van der Waals surface area contributed by atoms with Crippen LogP contribution in [0.15, 0.2) is 0 Å². The van der Waals surface area contributed by atoms with Crippen LogP contribution in [0.5, 0.6) is 0 Å². The average molecular weight is 210 g/mol. The first kappa shape index (κ1) is 13.1. The minimum Gasteiger partial charge on any atom is -0.383 e. The zero-order valence-electron chi connectivity index (χ0n) is 8.50. The van der Waals surface area contributed by atoms with E-state index < -0.39 is 7.44 Å². The van der Waals surface area contributed by atoms with Crippen LogP contribution < -0.4 is 10.2 Å². The lowest BCUT2D eigenvalue weighted by Gasteiger charge is -2.15. The van der Waals surface area contributed by atoms with Gasteiger partial charge in [-0.15, -0.1) is 0 Å². The summed E-state index contributed by atoms with van der Waals surface area (Å²) in [6.07, 6.45) is 0. The molecule has 0 saturated carbocycles. The van der Waals surface area contributed by atoms with Crippen molar-refractivity contribution in [3.8, 4) is 0 Å². The van der Waals surface area contributed by atoms with E-state index in [1.165, 1.54) is 0 Å². The van der Waals surface area contributed by atoms with Crippen molar-refractivity contribution >= 4 is 7.44 Å². The van der Waals surface area contributed by atoms with Crippen LogP contribution in [0.3, 0.4) is 0 Å². The van der Waals surface area contributed by atoms with E-state index in [2.05, 4.69) is 10.2 Å². The Morgan fingerprint density at radius 3 is 1.77 bits per heavy atom. The van der Waals surface area contributed by atoms with Gasteiger partial charge in [0.15, 0.2) is 0 Å². The van der Waals surface area contributed by atoms with Crippen molar-refractivity contribution in [1.29, 1.82) is 0 Å². The maximum Gasteiger partial charge on any atom is 0.208 e. The minimum atomic E-state index is -2.41. The van der Waals surface area contributed by atoms with Crippen LogP contribution in [0.1, 0.15) is 0 Å². The third-order valence-electron chi connectivity index (χ3n) is 1.44. The summed E-state index contributed by atoms with van der Waals surface area (Å²) in [6, 6.07) is 0. The molecule has 0 amide bonds. The summed E-state index contributed by atoms with van der Waals surface area (Å²) >= 11 is 0. The average Bonchev–Trinajstić information content (AvgIpc) is 2.05. The Kier molecular flexibility index (Phi) is 7.51. The molecule has 0 aromatic heterocycles. The predicted octanol–water partition coefficient (Wildman–Crippen LogP) is 0.281. The molecule has 0 aromatic carbocycles. The van der Waals surface area contributed by atoms with Crippen molar-refractivity contribution in [3.63, 3.8) is 0 Å². The highest BCUT2D eigenvalue weighted by Crippen LogP contribution is 2.28. The molecule has 0 rings (SSSR count). The lowest BCUT2D eigenvalue weighted by atomic mass is 10.7. The van der Waals surface area contributed by atoms with Crippen LogP contribution in [0.4, 0.5) is 0 Å². The van der Waals surface area contributed by atoms with Gasteiger partial charge in [0.25, 0.3) is 0 Å². The summed E-state index contributed by atoms with van der Waals surface area (Å²) in [4.78, 5) is 0. The molecule has 13 heavy (non-hydrogen) atoms. The van der Waals surface area contributed by atoms with Gasteiger partial charge in [-0.1, -0.05) is 0 Å². The Bertz CT molecular complexity index is 152. The molecule has 80 valence electrons. The Labute approximate surface area is 79.7 Å². The molecule has 0 aliphatic carbocycles. The number of hydrogen-bond acceptors (Lipinski definition) is 3. The predicted molar refractivity (Wildman–Crippen MR) is 53.3 cm³/mol. The number of hydrogen-bond donors (Lipinski definition) is 2. The first-order valence-electron chi connectivity index (χ1n) is 4.18. The monoisotopic (exact) mass is 210 g/mol. The van der Waals surface area contributed by atoms with E-state index in [9.17, 15) is 4.57 Å². The van der Waals surface area contributed by atoms with Crippen LogP contribution in [-0.4, -0.2) is 47.2 Å². The summed E-state index contributed by atoms with van der Waals surface area (Å²) in [6.45, 7) is 3.94. The Balaban J connectivity index is 3.49. The second kappa shape index (κ2) is 7.47. The highest BCUT2D eigenvalue weighted by Gasteiger charge is 2.11. The van der Waals surface area contributed by atoms with E-state index in [-0.39, 0.29) is 0 Å². The van der Waals surface area contributed by atoms with Crippen molar-refractivity contribution in [1.82, 2.24) is 10.2 Å². The third-order valence-corrected chi connectivity index (χ3v) is 3.09. The molecule has 0 aliphatic rings. The fourth-order valence-corrected chi connectivity index (χ4v) is 1.93. The molecule has 2 N–H and O–H groups in total. The Morgan fingerprint density at radius 1 is 1.08 bits per heavy atom. The zero-order chi connectivity index (χ0) is 10.2. The number of methoxy groups -OCH3 is 2. The van der Waals surface area contributed by atoms with E-state index in [0.29, 0.717) is 26.3 Å². The van der Waals surface area contributed by atoms with E-state index in [1.807, 2.05) is 0 Å². The van der Waals surface area contributed by atoms with Crippen LogP contribution in [0, 0.1) is 0 Å². The second-order valence-corrected chi connectivity index (χ2v) is 5.21. The molecule has 0 saturated heterocycles. The smallest absolute Gasteiger partial charge is 0.208 e. The lowest BCUT2D eigenvalue weighted by Crippen LogP contribution is -2.26. The van der Waals surface area contributed by atoms with Crippen molar-refractivity contribution in [2.45, 2.75) is 0 Å². The topological polar surface area (TPSA) is 59.6 Å². The van der Waals surface area contributed by atoms with Gasteiger partial charge in [0.05, 0.1) is 13.2 Å². The van der Waals surface area contributed by atoms with Crippen molar-refractivity contribution in [3.05, 3.63) is 0 Å². The largest absolute Gasteiger partial charge is 0.383 e. The molecule has 6 heteroatoms. The van der Waals surface area contributed by atoms with Gasteiger partial charge in [-0.05, 0) is 0 Å². The van der Waals surface area contributed by atoms with Gasteiger partial charge >= 0.3 is 0 Å². The molecule has 0 aliphatic heterocycles. The van der Waals surface area contributed by atoms with Gasteiger partial charge in [0.2, 0.25) is 7.44 Å². The van der Waals surface area contributed by atoms with Crippen molar-refractivity contribution in [2.24, 2.45) is 0 Å². The van der Waals surface area contributed by atoms with Gasteiger partial charge in [-0.2, -0.15) is 0 Å². The molecule has 0 aromatic rings. The van der Waals surface area contributed by atoms with Crippen LogP contribution in [-0.2, 0) is 14.0 Å². The van der Waals surface area contributed by atoms with Crippen molar-refractivity contribution in [2.75, 3.05) is 47.2 Å². The third kappa shape index (κ3) is 8.40. The molecule has 0 atom stereocenters. The van der Waals surface area contributed by atoms with Gasteiger partial charge < -0.3 is 9.47 Å².